The van der Waals surface area contributed by atoms with Crippen LogP contribution >= 0.6 is 0 Å². The van der Waals surface area contributed by atoms with Crippen LogP contribution in [-0.4, -0.2) is 43.4 Å². The van der Waals surface area contributed by atoms with Gasteiger partial charge >= 0.3 is 0 Å². The monoisotopic (exact) mass is 306 g/mol. The summed E-state index contributed by atoms with van der Waals surface area (Å²) in [6.45, 7) is 3.51. The lowest BCUT2D eigenvalue weighted by molar-refractivity contribution is -0.129. The van der Waals surface area contributed by atoms with Crippen LogP contribution in [0.3, 0.4) is 0 Å². The fourth-order valence-corrected chi connectivity index (χ4v) is 3.01. The van der Waals surface area contributed by atoms with Gasteiger partial charge in [-0.25, -0.2) is 0 Å². The topological polar surface area (TPSA) is 70.6 Å². The van der Waals surface area contributed by atoms with Gasteiger partial charge in [-0.1, -0.05) is 19.1 Å². The number of nitrogens with one attached hydrogen (secondary N) is 2. The van der Waals surface area contributed by atoms with Crippen LogP contribution in [-0.2, 0) is 16.0 Å². The zero-order valence-corrected chi connectivity index (χ0v) is 13.3. The van der Waals surface area contributed by atoms with Crippen molar-refractivity contribution in [2.45, 2.75) is 38.3 Å². The van der Waals surface area contributed by atoms with Crippen molar-refractivity contribution in [1.29, 1.82) is 0 Å². The summed E-state index contributed by atoms with van der Waals surface area (Å²) in [7, 11) is 1.67. The molecular weight excluding hydrogens is 280 g/mol. The molecule has 22 heavy (non-hydrogen) atoms. The average molecular weight is 306 g/mol. The van der Waals surface area contributed by atoms with Gasteiger partial charge in [-0.05, 0) is 43.5 Å². The van der Waals surface area contributed by atoms with Crippen molar-refractivity contribution < 1.29 is 14.6 Å². The predicted molar refractivity (Wildman–Crippen MR) is 85.8 cm³/mol. The largest absolute Gasteiger partial charge is 0.508 e. The summed E-state index contributed by atoms with van der Waals surface area (Å²) >= 11 is 0. The molecule has 0 unspecified atom stereocenters. The number of carbonyl (C=O) groups excluding carboxylic acids is 1. The van der Waals surface area contributed by atoms with Crippen LogP contribution in [0.2, 0.25) is 0 Å². The van der Waals surface area contributed by atoms with E-state index in [4.69, 9.17) is 4.74 Å². The third-order valence-corrected chi connectivity index (χ3v) is 4.32. The molecule has 3 N–H and O–H groups in total. The highest BCUT2D eigenvalue weighted by Gasteiger charge is 2.32. The Morgan fingerprint density at radius 1 is 1.45 bits per heavy atom. The zero-order chi connectivity index (χ0) is 15.9. The normalized spacial score (nSPS) is 20.5. The third-order valence-electron chi connectivity index (χ3n) is 4.32. The van der Waals surface area contributed by atoms with Gasteiger partial charge in [-0.15, -0.1) is 0 Å². The number of carbonyl (C=O) groups is 1. The Kier molecular flexibility index (Phi) is 6.21. The van der Waals surface area contributed by atoms with E-state index in [2.05, 4.69) is 10.6 Å². The lowest BCUT2D eigenvalue weighted by atomic mass is 9.95. The number of phenols is 1. The van der Waals surface area contributed by atoms with Crippen LogP contribution in [0.25, 0.3) is 0 Å². The molecule has 0 aromatic heterocycles. The second kappa shape index (κ2) is 8.15. The Bertz CT molecular complexity index is 469. The Morgan fingerprint density at radius 2 is 2.18 bits per heavy atom. The predicted octanol–water partition coefficient (Wildman–Crippen LogP) is 1.45. The van der Waals surface area contributed by atoms with Gasteiger partial charge in [0.1, 0.15) is 5.75 Å². The molecule has 0 aliphatic carbocycles. The molecule has 1 aromatic rings. The zero-order valence-electron chi connectivity index (χ0n) is 13.3. The Labute approximate surface area is 132 Å². The number of hydrogen-bond acceptors (Lipinski definition) is 4. The maximum atomic E-state index is 12.3. The van der Waals surface area contributed by atoms with E-state index in [-0.39, 0.29) is 29.7 Å². The molecule has 5 nitrogen and oxygen atoms in total. The van der Waals surface area contributed by atoms with Crippen molar-refractivity contribution in [1.82, 2.24) is 10.6 Å². The maximum Gasteiger partial charge on any atom is 0.225 e. The molecule has 1 amide bonds. The number of phenolic OH excluding ortho intramolecular Hbond substituents is 1. The molecule has 1 heterocycles. The van der Waals surface area contributed by atoms with Gasteiger partial charge in [0.05, 0.1) is 12.0 Å². The molecular formula is C17H26N2O3. The van der Waals surface area contributed by atoms with Crippen molar-refractivity contribution in [2.24, 2.45) is 5.92 Å². The van der Waals surface area contributed by atoms with Gasteiger partial charge in [0.25, 0.3) is 0 Å². The number of amides is 1. The highest BCUT2D eigenvalue weighted by atomic mass is 16.5. The molecule has 122 valence electrons. The first-order chi connectivity index (χ1) is 10.6. The van der Waals surface area contributed by atoms with Crippen molar-refractivity contribution in [3.05, 3.63) is 29.8 Å². The minimum atomic E-state index is -0.180. The molecule has 1 aromatic carbocycles. The average Bonchev–Trinajstić information content (AvgIpc) is 3.04. The van der Waals surface area contributed by atoms with E-state index in [1.165, 1.54) is 0 Å². The van der Waals surface area contributed by atoms with Gasteiger partial charge in [-0.3, -0.25) is 4.79 Å². The van der Waals surface area contributed by atoms with Crippen molar-refractivity contribution in [3.63, 3.8) is 0 Å². The summed E-state index contributed by atoms with van der Waals surface area (Å²) < 4.78 is 5.54. The fourth-order valence-electron chi connectivity index (χ4n) is 3.01. The summed E-state index contributed by atoms with van der Waals surface area (Å²) in [5.41, 5.74) is 1.09. The SMILES string of the molecule is CO[C@@H]([C@@H]1CCCN1)[C@@H](C)C(=O)NCCc1ccc(O)cc1. The standard InChI is InChI=1S/C17H26N2O3/c1-12(16(22-2)15-4-3-10-18-15)17(21)19-11-9-13-5-7-14(20)8-6-13/h5-8,12,15-16,18,20H,3-4,9-11H2,1-2H3,(H,19,21)/t12-,15+,16-/m1/s1. The number of benzene rings is 1. The second-order valence-electron chi connectivity index (χ2n) is 5.90. The summed E-state index contributed by atoms with van der Waals surface area (Å²) in [6, 6.07) is 7.32. The van der Waals surface area contributed by atoms with Gasteiger partial charge < -0.3 is 20.5 Å². The molecule has 3 atom stereocenters. The van der Waals surface area contributed by atoms with Crippen molar-refractivity contribution in [2.75, 3.05) is 20.2 Å². The van der Waals surface area contributed by atoms with Crippen LogP contribution in [0, 0.1) is 5.92 Å². The van der Waals surface area contributed by atoms with E-state index in [0.717, 1.165) is 31.4 Å². The molecule has 1 aliphatic heterocycles. The van der Waals surface area contributed by atoms with Crippen molar-refractivity contribution >= 4 is 5.91 Å². The van der Waals surface area contributed by atoms with Gasteiger partial charge in [0.15, 0.2) is 0 Å². The summed E-state index contributed by atoms with van der Waals surface area (Å²) in [5.74, 6) is 0.105. The molecule has 0 saturated carbocycles. The lowest BCUT2D eigenvalue weighted by Crippen LogP contribution is -2.46. The highest BCUT2D eigenvalue weighted by Crippen LogP contribution is 2.19. The Hall–Kier alpha value is -1.59. The molecule has 0 bridgehead atoms. The van der Waals surface area contributed by atoms with E-state index in [1.807, 2.05) is 19.1 Å². The fraction of sp³-hybridized carbons (Fsp3) is 0.588. The number of methoxy groups -OCH3 is 1. The first-order valence-electron chi connectivity index (χ1n) is 7.93. The molecule has 1 saturated heterocycles. The second-order valence-corrected chi connectivity index (χ2v) is 5.90. The molecule has 2 rings (SSSR count). The Morgan fingerprint density at radius 3 is 2.77 bits per heavy atom. The number of aromatic hydroxyl groups is 1. The first kappa shape index (κ1) is 16.8. The summed E-state index contributed by atoms with van der Waals surface area (Å²) in [4.78, 5) is 12.3. The minimum Gasteiger partial charge on any atom is -0.508 e. The van der Waals surface area contributed by atoms with Crippen molar-refractivity contribution in [3.8, 4) is 5.75 Å². The van der Waals surface area contributed by atoms with Crippen LogP contribution in [0.15, 0.2) is 24.3 Å². The van der Waals surface area contributed by atoms with E-state index in [9.17, 15) is 9.90 Å². The highest BCUT2D eigenvalue weighted by molar-refractivity contribution is 5.79. The van der Waals surface area contributed by atoms with Gasteiger partial charge in [-0.2, -0.15) is 0 Å². The van der Waals surface area contributed by atoms with Gasteiger partial charge in [0, 0.05) is 19.7 Å². The summed E-state index contributed by atoms with van der Waals surface area (Å²) in [5, 5.41) is 15.6. The van der Waals surface area contributed by atoms with Crippen LogP contribution in [0.5, 0.6) is 5.75 Å². The molecule has 1 fully saturated rings. The number of rotatable bonds is 7. The lowest BCUT2D eigenvalue weighted by Gasteiger charge is -2.27. The maximum absolute atomic E-state index is 12.3. The van der Waals surface area contributed by atoms with E-state index >= 15 is 0 Å². The van der Waals surface area contributed by atoms with Gasteiger partial charge in [0.2, 0.25) is 5.91 Å². The van der Waals surface area contributed by atoms with Crippen LogP contribution < -0.4 is 10.6 Å². The number of ether oxygens (including phenoxy) is 1. The third kappa shape index (κ3) is 4.45. The van der Waals surface area contributed by atoms with E-state index < -0.39 is 0 Å². The van der Waals surface area contributed by atoms with Crippen LogP contribution in [0.1, 0.15) is 25.3 Å². The quantitative estimate of drug-likeness (QED) is 0.713. The van der Waals surface area contributed by atoms with Crippen LogP contribution in [0.4, 0.5) is 0 Å². The van der Waals surface area contributed by atoms with E-state index in [0.29, 0.717) is 6.54 Å². The molecule has 0 radical (unpaired) electrons. The first-order valence-corrected chi connectivity index (χ1v) is 7.93. The summed E-state index contributed by atoms with van der Waals surface area (Å²) in [6.07, 6.45) is 2.86. The molecule has 1 aliphatic rings. The van der Waals surface area contributed by atoms with E-state index in [1.54, 1.807) is 19.2 Å². The molecule has 0 spiro atoms. The number of hydrogen-bond donors (Lipinski definition) is 3. The smallest absolute Gasteiger partial charge is 0.225 e. The minimum absolute atomic E-state index is 0.0272. The molecule has 5 heteroatoms. The Balaban J connectivity index is 1.78.